The zero-order chi connectivity index (χ0) is 14.5. The Hall–Kier alpha value is -0.290. The number of hydrogen-bond donors (Lipinski definition) is 1. The maximum atomic E-state index is 11.0. The van der Waals surface area contributed by atoms with Gasteiger partial charge in [-0.2, -0.15) is 0 Å². The van der Waals surface area contributed by atoms with Crippen LogP contribution in [-0.4, -0.2) is 10.7 Å². The third-order valence-corrected chi connectivity index (χ3v) is 5.39. The van der Waals surface area contributed by atoms with Crippen LogP contribution in [0.25, 0.3) is 0 Å². The molecular formula is C16H25IO2. The molecule has 1 aromatic carbocycles. The van der Waals surface area contributed by atoms with Crippen LogP contribution in [0.2, 0.25) is 0 Å². The number of rotatable bonds is 7. The summed E-state index contributed by atoms with van der Waals surface area (Å²) >= 11 is -1.09. The lowest BCUT2D eigenvalue weighted by Crippen LogP contribution is -2.42. The lowest BCUT2D eigenvalue weighted by molar-refractivity contribution is -0.0620. The van der Waals surface area contributed by atoms with Gasteiger partial charge in [-0.25, -0.2) is 0 Å². The Kier molecular flexibility index (Phi) is 6.12. The number of benzene rings is 1. The van der Waals surface area contributed by atoms with Crippen molar-refractivity contribution in [1.29, 1.82) is 0 Å². The van der Waals surface area contributed by atoms with Gasteiger partial charge in [0.15, 0.2) is 21.2 Å². The second kappa shape index (κ2) is 6.93. The molecule has 0 spiro atoms. The molecule has 0 fully saturated rings. The summed E-state index contributed by atoms with van der Waals surface area (Å²) in [6.45, 7) is 8.36. The standard InChI is InChI=1S/C16H25IO2/c1-5-10-15(2,3)16(4,18)11-9-13-7-6-8-14(12-13)17-19/h6-8,12,18H,5,9-11H2,1-4H3. The summed E-state index contributed by atoms with van der Waals surface area (Å²) < 4.78 is 11.9. The summed E-state index contributed by atoms with van der Waals surface area (Å²) in [5.74, 6) is 0. The average Bonchev–Trinajstić information content (AvgIpc) is 2.36. The van der Waals surface area contributed by atoms with E-state index in [2.05, 4.69) is 20.8 Å². The molecule has 1 N–H and O–H groups in total. The van der Waals surface area contributed by atoms with Gasteiger partial charge in [0.2, 0.25) is 0 Å². The number of halogens is 1. The molecule has 0 saturated heterocycles. The number of hydrogen-bond acceptors (Lipinski definition) is 2. The zero-order valence-electron chi connectivity index (χ0n) is 12.4. The first-order valence-electron chi connectivity index (χ1n) is 6.91. The highest BCUT2D eigenvalue weighted by atomic mass is 127. The van der Waals surface area contributed by atoms with Crippen molar-refractivity contribution in [2.75, 3.05) is 0 Å². The van der Waals surface area contributed by atoms with Gasteiger partial charge < -0.3 is 5.11 Å². The van der Waals surface area contributed by atoms with E-state index >= 15 is 0 Å². The molecule has 0 radical (unpaired) electrons. The quantitative estimate of drug-likeness (QED) is 0.702. The van der Waals surface area contributed by atoms with Crippen molar-refractivity contribution in [2.24, 2.45) is 5.41 Å². The Bertz CT molecular complexity index is 425. The van der Waals surface area contributed by atoms with Crippen LogP contribution < -0.4 is 0 Å². The highest BCUT2D eigenvalue weighted by molar-refractivity contribution is 14.1. The summed E-state index contributed by atoms with van der Waals surface area (Å²) in [4.78, 5) is 0. The van der Waals surface area contributed by atoms with Gasteiger partial charge in [0.1, 0.15) is 0 Å². The Morgan fingerprint density at radius 3 is 2.47 bits per heavy atom. The Labute approximate surface area is 127 Å². The van der Waals surface area contributed by atoms with Crippen LogP contribution >= 0.6 is 21.2 Å². The minimum atomic E-state index is -1.09. The van der Waals surface area contributed by atoms with Gasteiger partial charge in [-0.15, -0.1) is 0 Å². The molecule has 0 aromatic heterocycles. The van der Waals surface area contributed by atoms with E-state index in [1.807, 2.05) is 31.2 Å². The van der Waals surface area contributed by atoms with Crippen molar-refractivity contribution in [3.05, 3.63) is 33.4 Å². The normalized spacial score (nSPS) is 15.2. The predicted octanol–water partition coefficient (Wildman–Crippen LogP) is 4.68. The van der Waals surface area contributed by atoms with Gasteiger partial charge in [-0.3, -0.25) is 3.07 Å². The minimum Gasteiger partial charge on any atom is -0.390 e. The molecule has 1 rings (SSSR count). The fourth-order valence-corrected chi connectivity index (χ4v) is 3.24. The molecule has 0 aliphatic rings. The fraction of sp³-hybridized carbons (Fsp3) is 0.625. The maximum absolute atomic E-state index is 11.0. The molecule has 108 valence electrons. The van der Waals surface area contributed by atoms with Crippen LogP contribution in [0.5, 0.6) is 0 Å². The lowest BCUT2D eigenvalue weighted by Gasteiger charge is -2.40. The second-order valence-corrected chi connectivity index (χ2v) is 7.80. The van der Waals surface area contributed by atoms with Crippen molar-refractivity contribution in [3.63, 3.8) is 0 Å². The van der Waals surface area contributed by atoms with E-state index in [-0.39, 0.29) is 5.41 Å². The summed E-state index contributed by atoms with van der Waals surface area (Å²) in [7, 11) is 0. The van der Waals surface area contributed by atoms with E-state index in [0.717, 1.165) is 29.3 Å². The molecule has 2 nitrogen and oxygen atoms in total. The lowest BCUT2D eigenvalue weighted by atomic mass is 9.70. The molecule has 0 aliphatic carbocycles. The van der Waals surface area contributed by atoms with Crippen molar-refractivity contribution in [3.8, 4) is 0 Å². The molecule has 1 atom stereocenters. The number of aliphatic hydroxyl groups is 1. The largest absolute Gasteiger partial charge is 0.390 e. The minimum absolute atomic E-state index is 0.0785. The van der Waals surface area contributed by atoms with Gasteiger partial charge in [-0.1, -0.05) is 39.3 Å². The Balaban J connectivity index is 2.71. The van der Waals surface area contributed by atoms with Crippen LogP contribution in [0, 0.1) is 8.99 Å². The van der Waals surface area contributed by atoms with E-state index in [9.17, 15) is 8.18 Å². The monoisotopic (exact) mass is 376 g/mol. The third kappa shape index (κ3) is 4.63. The van der Waals surface area contributed by atoms with Crippen molar-refractivity contribution in [1.82, 2.24) is 0 Å². The summed E-state index contributed by atoms with van der Waals surface area (Å²) in [5, 5.41) is 10.7. The van der Waals surface area contributed by atoms with E-state index < -0.39 is 26.8 Å². The van der Waals surface area contributed by atoms with Crippen LogP contribution in [0.1, 0.15) is 52.5 Å². The molecule has 1 unspecified atom stereocenters. The molecule has 1 aromatic rings. The van der Waals surface area contributed by atoms with Crippen LogP contribution in [-0.2, 0) is 9.49 Å². The van der Waals surface area contributed by atoms with E-state index in [1.54, 1.807) is 0 Å². The molecule has 0 aliphatic heterocycles. The SMILES string of the molecule is CCCC(C)(C)C(C)(O)CCc1cccc(I=O)c1. The molecule has 19 heavy (non-hydrogen) atoms. The highest BCUT2D eigenvalue weighted by Gasteiger charge is 2.37. The summed E-state index contributed by atoms with van der Waals surface area (Å²) in [6.07, 6.45) is 3.67. The van der Waals surface area contributed by atoms with Crippen LogP contribution in [0.3, 0.4) is 0 Å². The van der Waals surface area contributed by atoms with E-state index in [4.69, 9.17) is 0 Å². The molecule has 0 amide bonds. The van der Waals surface area contributed by atoms with Crippen molar-refractivity contribution < 1.29 is 8.18 Å². The Morgan fingerprint density at radius 1 is 1.21 bits per heavy atom. The highest BCUT2D eigenvalue weighted by Crippen LogP contribution is 2.38. The number of aryl methyl sites for hydroxylation is 1. The molecule has 3 heteroatoms. The van der Waals surface area contributed by atoms with Gasteiger partial charge in [0, 0.05) is 3.57 Å². The van der Waals surface area contributed by atoms with Gasteiger partial charge in [0.05, 0.1) is 5.60 Å². The van der Waals surface area contributed by atoms with E-state index in [1.165, 1.54) is 5.56 Å². The molecule has 0 heterocycles. The fourth-order valence-electron chi connectivity index (χ4n) is 2.36. The third-order valence-electron chi connectivity index (χ3n) is 4.21. The molecule has 0 saturated carbocycles. The van der Waals surface area contributed by atoms with Crippen LogP contribution in [0.4, 0.5) is 0 Å². The smallest absolute Gasteiger partial charge is 0.182 e. The first-order chi connectivity index (χ1) is 8.82. The second-order valence-electron chi connectivity index (χ2n) is 6.11. The Morgan fingerprint density at radius 2 is 1.89 bits per heavy atom. The first-order valence-corrected chi connectivity index (χ1v) is 8.87. The van der Waals surface area contributed by atoms with Gasteiger partial charge in [0.25, 0.3) is 0 Å². The van der Waals surface area contributed by atoms with Crippen LogP contribution in [0.15, 0.2) is 24.3 Å². The maximum Gasteiger partial charge on any atom is 0.182 e. The predicted molar refractivity (Wildman–Crippen MR) is 87.5 cm³/mol. The van der Waals surface area contributed by atoms with Gasteiger partial charge >= 0.3 is 0 Å². The average molecular weight is 376 g/mol. The van der Waals surface area contributed by atoms with Gasteiger partial charge in [-0.05, 0) is 49.3 Å². The van der Waals surface area contributed by atoms with Crippen molar-refractivity contribution >= 4 is 21.2 Å². The van der Waals surface area contributed by atoms with Crippen molar-refractivity contribution in [2.45, 2.75) is 59.0 Å². The first kappa shape index (κ1) is 16.8. The topological polar surface area (TPSA) is 37.3 Å². The summed E-state index contributed by atoms with van der Waals surface area (Å²) in [6, 6.07) is 7.91. The molecule has 0 bridgehead atoms. The van der Waals surface area contributed by atoms with E-state index in [0.29, 0.717) is 0 Å². The molecular weight excluding hydrogens is 351 g/mol. The zero-order valence-corrected chi connectivity index (χ0v) is 14.5. The summed E-state index contributed by atoms with van der Waals surface area (Å²) in [5.41, 5.74) is 0.414.